The summed E-state index contributed by atoms with van der Waals surface area (Å²) in [5.41, 5.74) is 1.02. The van der Waals surface area contributed by atoms with Gasteiger partial charge in [-0.05, 0) is 24.3 Å². The lowest BCUT2D eigenvalue weighted by Crippen LogP contribution is -2.30. The molecule has 0 spiro atoms. The molecule has 0 aromatic heterocycles. The third kappa shape index (κ3) is 2.20. The van der Waals surface area contributed by atoms with Crippen molar-refractivity contribution in [2.45, 2.75) is 5.60 Å². The monoisotopic (exact) mass is 320 g/mol. The van der Waals surface area contributed by atoms with Crippen LogP contribution in [0.5, 0.6) is 11.5 Å². The lowest BCUT2D eigenvalue weighted by Gasteiger charge is -2.31. The van der Waals surface area contributed by atoms with Crippen LogP contribution in [0.15, 0.2) is 85.0 Å². The van der Waals surface area contributed by atoms with Crippen molar-refractivity contribution in [1.82, 2.24) is 0 Å². The molecule has 0 unspecified atom stereocenters. The van der Waals surface area contributed by atoms with E-state index >= 15 is 0 Å². The Bertz CT molecular complexity index is 797. The number of hydrogen-bond acceptors (Lipinski definition) is 4. The van der Waals surface area contributed by atoms with Gasteiger partial charge in [0.05, 0.1) is 5.57 Å². The van der Waals surface area contributed by atoms with Crippen LogP contribution in [-0.2, 0) is 15.1 Å². The molecule has 1 aliphatic rings. The molecule has 0 saturated carbocycles. The van der Waals surface area contributed by atoms with Crippen molar-refractivity contribution in [3.63, 3.8) is 0 Å². The molecule has 3 rings (SSSR count). The first-order valence-electron chi connectivity index (χ1n) is 7.35. The van der Waals surface area contributed by atoms with Crippen molar-refractivity contribution < 1.29 is 19.7 Å². The van der Waals surface area contributed by atoms with E-state index in [4.69, 9.17) is 4.74 Å². The Balaban J connectivity index is 2.34. The van der Waals surface area contributed by atoms with Gasteiger partial charge in [-0.15, -0.1) is 0 Å². The average Bonchev–Trinajstić information content (AvgIpc) is 2.88. The van der Waals surface area contributed by atoms with Gasteiger partial charge in [0, 0.05) is 16.7 Å². The maximum absolute atomic E-state index is 12.4. The van der Waals surface area contributed by atoms with Gasteiger partial charge in [-0.3, -0.25) is 0 Å². The van der Waals surface area contributed by atoms with Crippen molar-refractivity contribution in [2.24, 2.45) is 0 Å². The zero-order chi connectivity index (χ0) is 17.3. The number of hydrogen-bond donors (Lipinski definition) is 2. The summed E-state index contributed by atoms with van der Waals surface area (Å²) in [7, 11) is 0. The first-order valence-corrected chi connectivity index (χ1v) is 7.35. The minimum atomic E-state index is -1.20. The van der Waals surface area contributed by atoms with Gasteiger partial charge in [-0.1, -0.05) is 49.6 Å². The fourth-order valence-corrected chi connectivity index (χ4v) is 2.98. The molecule has 2 aromatic carbocycles. The molecule has 0 amide bonds. The summed E-state index contributed by atoms with van der Waals surface area (Å²) >= 11 is 0. The Labute approximate surface area is 139 Å². The van der Waals surface area contributed by atoms with E-state index in [1.165, 1.54) is 30.3 Å². The van der Waals surface area contributed by atoms with Crippen molar-refractivity contribution in [1.29, 1.82) is 0 Å². The van der Waals surface area contributed by atoms with E-state index in [0.29, 0.717) is 22.3 Å². The number of benzene rings is 2. The highest BCUT2D eigenvalue weighted by Crippen LogP contribution is 2.47. The van der Waals surface area contributed by atoms with Crippen molar-refractivity contribution in [3.8, 4) is 11.5 Å². The lowest BCUT2D eigenvalue weighted by atomic mass is 9.79. The van der Waals surface area contributed by atoms with Gasteiger partial charge in [0.25, 0.3) is 0 Å². The van der Waals surface area contributed by atoms with Crippen LogP contribution in [0.3, 0.4) is 0 Å². The Morgan fingerprint density at radius 1 is 0.833 bits per heavy atom. The van der Waals surface area contributed by atoms with E-state index in [9.17, 15) is 15.0 Å². The zero-order valence-corrected chi connectivity index (χ0v) is 12.9. The van der Waals surface area contributed by atoms with Crippen LogP contribution in [-0.4, -0.2) is 16.2 Å². The first kappa shape index (κ1) is 15.6. The van der Waals surface area contributed by atoms with Crippen molar-refractivity contribution in [3.05, 3.63) is 96.1 Å². The fourth-order valence-electron chi connectivity index (χ4n) is 2.98. The Morgan fingerprint density at radius 3 is 1.67 bits per heavy atom. The van der Waals surface area contributed by atoms with Crippen molar-refractivity contribution >= 4 is 5.97 Å². The van der Waals surface area contributed by atoms with Crippen LogP contribution < -0.4 is 0 Å². The maximum Gasteiger partial charge on any atom is 0.340 e. The number of rotatable bonds is 4. The van der Waals surface area contributed by atoms with E-state index in [2.05, 4.69) is 13.2 Å². The van der Waals surface area contributed by atoms with Crippen LogP contribution in [0.25, 0.3) is 0 Å². The number of cyclic esters (lactones) is 1. The largest absolute Gasteiger partial charge is 0.508 e. The quantitative estimate of drug-likeness (QED) is 0.845. The summed E-state index contributed by atoms with van der Waals surface area (Å²) in [6.45, 7) is 7.51. The predicted molar refractivity (Wildman–Crippen MR) is 90.5 cm³/mol. The molecule has 0 bridgehead atoms. The molecule has 4 heteroatoms. The second-order valence-corrected chi connectivity index (χ2v) is 5.40. The molecular weight excluding hydrogens is 304 g/mol. The first-order chi connectivity index (χ1) is 11.5. The van der Waals surface area contributed by atoms with Crippen LogP contribution in [0.2, 0.25) is 0 Å². The maximum atomic E-state index is 12.4. The summed E-state index contributed by atoms with van der Waals surface area (Å²) in [5, 5.41) is 19.1. The smallest absolute Gasteiger partial charge is 0.340 e. The second kappa shape index (κ2) is 5.74. The summed E-state index contributed by atoms with van der Waals surface area (Å²) in [6, 6.07) is 12.8. The summed E-state index contributed by atoms with van der Waals surface area (Å²) < 4.78 is 5.79. The Morgan fingerprint density at radius 2 is 1.29 bits per heavy atom. The van der Waals surface area contributed by atoms with Gasteiger partial charge in [0.1, 0.15) is 11.5 Å². The van der Waals surface area contributed by atoms with Crippen molar-refractivity contribution in [2.75, 3.05) is 0 Å². The van der Waals surface area contributed by atoms with E-state index in [1.807, 2.05) is 0 Å². The number of carbonyl (C=O) groups excluding carboxylic acids is 1. The second-order valence-electron chi connectivity index (χ2n) is 5.40. The van der Waals surface area contributed by atoms with Gasteiger partial charge in [0.2, 0.25) is 0 Å². The number of phenols is 2. The topological polar surface area (TPSA) is 66.8 Å². The van der Waals surface area contributed by atoms with Crippen LogP contribution >= 0.6 is 0 Å². The lowest BCUT2D eigenvalue weighted by molar-refractivity contribution is -0.144. The molecule has 2 aromatic rings. The van der Waals surface area contributed by atoms with Crippen LogP contribution in [0.1, 0.15) is 11.1 Å². The molecule has 0 fully saturated rings. The number of aromatic hydroxyl groups is 2. The average molecular weight is 320 g/mol. The molecule has 0 atom stereocenters. The molecule has 0 saturated heterocycles. The molecule has 24 heavy (non-hydrogen) atoms. The van der Waals surface area contributed by atoms with Gasteiger partial charge in [-0.2, -0.15) is 0 Å². The normalized spacial score (nSPS) is 15.9. The SMILES string of the molecule is C=CC1=C(C=C)C(c2ccc(O)cc2)(c2ccc(O)cc2)OC1=O. The highest BCUT2D eigenvalue weighted by Gasteiger charge is 2.48. The highest BCUT2D eigenvalue weighted by molar-refractivity contribution is 5.97. The Hall–Kier alpha value is -3.27. The number of phenolic OH excluding ortho intramolecular Hbond substituents is 2. The standard InChI is InChI=1S/C20H16O4/c1-3-17-18(4-2)20(24-19(17)23,13-5-9-15(21)10-6-13)14-7-11-16(22)12-8-14/h3-12,21-22H,1-2H2. The van der Waals surface area contributed by atoms with E-state index in [0.717, 1.165) is 0 Å². The molecule has 0 radical (unpaired) electrons. The Kier molecular flexibility index (Phi) is 3.73. The van der Waals surface area contributed by atoms with E-state index in [1.54, 1.807) is 30.3 Å². The van der Waals surface area contributed by atoms with Gasteiger partial charge in [-0.25, -0.2) is 4.79 Å². The molecule has 0 aliphatic carbocycles. The number of carbonyl (C=O) groups is 1. The highest BCUT2D eigenvalue weighted by atomic mass is 16.6. The van der Waals surface area contributed by atoms with E-state index in [-0.39, 0.29) is 11.5 Å². The van der Waals surface area contributed by atoms with Gasteiger partial charge in [0.15, 0.2) is 5.60 Å². The molecule has 1 aliphatic heterocycles. The minimum Gasteiger partial charge on any atom is -0.508 e. The van der Waals surface area contributed by atoms with Gasteiger partial charge >= 0.3 is 5.97 Å². The fraction of sp³-hybridized carbons (Fsp3) is 0.0500. The van der Waals surface area contributed by atoms with Gasteiger partial charge < -0.3 is 14.9 Å². The molecule has 1 heterocycles. The summed E-state index contributed by atoms with van der Waals surface area (Å²) in [5.74, 6) is -0.282. The van der Waals surface area contributed by atoms with E-state index < -0.39 is 11.6 Å². The molecule has 120 valence electrons. The summed E-state index contributed by atoms with van der Waals surface area (Å²) in [4.78, 5) is 12.4. The molecule has 2 N–H and O–H groups in total. The number of esters is 1. The zero-order valence-electron chi connectivity index (χ0n) is 12.9. The summed E-state index contributed by atoms with van der Waals surface area (Å²) in [6.07, 6.45) is 3.02. The third-order valence-electron chi connectivity index (χ3n) is 4.09. The van der Waals surface area contributed by atoms with Crippen LogP contribution in [0, 0.1) is 0 Å². The van der Waals surface area contributed by atoms with Crippen LogP contribution in [0.4, 0.5) is 0 Å². The minimum absolute atomic E-state index is 0.108. The molecular formula is C20H16O4. The third-order valence-corrected chi connectivity index (χ3v) is 4.09. The predicted octanol–water partition coefficient (Wildman–Crippen LogP) is 3.57. The molecule has 4 nitrogen and oxygen atoms in total. The number of ether oxygens (including phenoxy) is 1.